The molecular weight excluding hydrogens is 376 g/mol. The van der Waals surface area contributed by atoms with E-state index in [1.807, 2.05) is 31.2 Å². The van der Waals surface area contributed by atoms with E-state index in [1.165, 1.54) is 11.8 Å². The van der Waals surface area contributed by atoms with Crippen LogP contribution in [0.1, 0.15) is 51.7 Å². The van der Waals surface area contributed by atoms with E-state index in [-0.39, 0.29) is 23.6 Å². The van der Waals surface area contributed by atoms with E-state index >= 15 is 0 Å². The molecule has 152 valence electrons. The fraction of sp³-hybridized carbons (Fsp3) is 0.200. The number of hydrogen-bond acceptors (Lipinski definition) is 3. The molecule has 0 bridgehead atoms. The second-order valence-corrected chi connectivity index (χ2v) is 7.46. The summed E-state index contributed by atoms with van der Waals surface area (Å²) in [6.07, 6.45) is 5.97. The van der Waals surface area contributed by atoms with Crippen molar-refractivity contribution in [2.75, 3.05) is 0 Å². The third kappa shape index (κ3) is 4.35. The molecule has 0 aliphatic heterocycles. The van der Waals surface area contributed by atoms with E-state index in [0.29, 0.717) is 11.3 Å². The first-order valence-electron chi connectivity index (χ1n) is 10.1. The van der Waals surface area contributed by atoms with Gasteiger partial charge in [-0.05, 0) is 61.1 Å². The van der Waals surface area contributed by atoms with Gasteiger partial charge in [0, 0.05) is 11.6 Å². The van der Waals surface area contributed by atoms with Crippen LogP contribution in [0.4, 0.5) is 0 Å². The van der Waals surface area contributed by atoms with Crippen LogP contribution in [0.2, 0.25) is 0 Å². The second kappa shape index (κ2) is 8.82. The summed E-state index contributed by atoms with van der Waals surface area (Å²) >= 11 is 0. The largest absolute Gasteiger partial charge is 0.465 e. The smallest absolute Gasteiger partial charge is 0.268 e. The molecule has 5 nitrogen and oxygen atoms in total. The van der Waals surface area contributed by atoms with Gasteiger partial charge in [0.2, 0.25) is 0 Å². The molecule has 1 aliphatic rings. The van der Waals surface area contributed by atoms with E-state index in [2.05, 4.69) is 22.8 Å². The summed E-state index contributed by atoms with van der Waals surface area (Å²) < 4.78 is 5.36. The van der Waals surface area contributed by atoms with Crippen molar-refractivity contribution in [2.45, 2.75) is 32.2 Å². The molecule has 0 radical (unpaired) electrons. The summed E-state index contributed by atoms with van der Waals surface area (Å²) in [5.41, 5.74) is 3.92. The molecule has 3 aromatic rings. The van der Waals surface area contributed by atoms with Crippen molar-refractivity contribution in [1.29, 1.82) is 0 Å². The lowest BCUT2D eigenvalue weighted by atomic mass is 9.87. The van der Waals surface area contributed by atoms with Gasteiger partial charge in [0.15, 0.2) is 0 Å². The van der Waals surface area contributed by atoms with Gasteiger partial charge in [0.1, 0.15) is 11.5 Å². The molecule has 2 N–H and O–H groups in total. The Morgan fingerprint density at radius 3 is 2.63 bits per heavy atom. The molecule has 1 heterocycles. The number of aryl methyl sites for hydroxylation is 2. The zero-order chi connectivity index (χ0) is 20.9. The lowest BCUT2D eigenvalue weighted by Gasteiger charge is -2.26. The zero-order valence-electron chi connectivity index (χ0n) is 16.9. The zero-order valence-corrected chi connectivity index (χ0v) is 16.9. The standard InChI is InChI=1S/C25H24N2O3/c1-17-8-2-4-12-20(17)24(28)27-23(16-19-11-7-15-30-19)25(29)26-22-14-6-10-18-9-3-5-13-21(18)22/h2-5,7-9,11-13,15-16,22H,6,10,14H2,1H3,(H,26,29)(H,27,28)/b23-16-. The van der Waals surface area contributed by atoms with E-state index in [0.717, 1.165) is 30.4 Å². The maximum atomic E-state index is 13.2. The molecule has 30 heavy (non-hydrogen) atoms. The van der Waals surface area contributed by atoms with Crippen LogP contribution in [0, 0.1) is 6.92 Å². The Kier molecular flexibility index (Phi) is 5.80. The van der Waals surface area contributed by atoms with Crippen molar-refractivity contribution in [3.05, 3.63) is 101 Å². The summed E-state index contributed by atoms with van der Waals surface area (Å²) in [6.45, 7) is 1.86. The Hall–Kier alpha value is -3.60. The van der Waals surface area contributed by atoms with Gasteiger partial charge in [-0.3, -0.25) is 9.59 Å². The van der Waals surface area contributed by atoms with Crippen LogP contribution in [0.3, 0.4) is 0 Å². The molecule has 0 fully saturated rings. The number of amides is 2. The first kappa shape index (κ1) is 19.7. The highest BCUT2D eigenvalue weighted by atomic mass is 16.3. The van der Waals surface area contributed by atoms with Crippen LogP contribution >= 0.6 is 0 Å². The summed E-state index contributed by atoms with van der Waals surface area (Å²) in [5, 5.41) is 5.87. The fourth-order valence-corrected chi connectivity index (χ4v) is 3.83. The third-order valence-corrected chi connectivity index (χ3v) is 5.39. The maximum absolute atomic E-state index is 13.2. The van der Waals surface area contributed by atoms with E-state index in [9.17, 15) is 9.59 Å². The van der Waals surface area contributed by atoms with Gasteiger partial charge in [0.25, 0.3) is 11.8 Å². The van der Waals surface area contributed by atoms with Gasteiger partial charge < -0.3 is 15.1 Å². The van der Waals surface area contributed by atoms with Crippen molar-refractivity contribution in [2.24, 2.45) is 0 Å². The van der Waals surface area contributed by atoms with E-state index in [1.54, 1.807) is 30.3 Å². The number of carbonyl (C=O) groups excluding carboxylic acids is 2. The SMILES string of the molecule is Cc1ccccc1C(=O)N/C(=C\c1ccco1)C(=O)NC1CCCc2ccccc21. The molecule has 5 heteroatoms. The summed E-state index contributed by atoms with van der Waals surface area (Å²) in [7, 11) is 0. The highest BCUT2D eigenvalue weighted by Gasteiger charge is 2.24. The van der Waals surface area contributed by atoms with Crippen molar-refractivity contribution in [1.82, 2.24) is 10.6 Å². The normalized spacial score (nSPS) is 15.9. The average Bonchev–Trinajstić information content (AvgIpc) is 3.27. The van der Waals surface area contributed by atoms with Crippen LogP contribution in [0.15, 0.2) is 77.0 Å². The van der Waals surface area contributed by atoms with Crippen molar-refractivity contribution in [3.63, 3.8) is 0 Å². The first-order valence-corrected chi connectivity index (χ1v) is 10.1. The predicted molar refractivity (Wildman–Crippen MR) is 116 cm³/mol. The molecule has 4 rings (SSSR count). The fourth-order valence-electron chi connectivity index (χ4n) is 3.83. The van der Waals surface area contributed by atoms with Gasteiger partial charge in [-0.15, -0.1) is 0 Å². The lowest BCUT2D eigenvalue weighted by Crippen LogP contribution is -2.38. The first-order chi connectivity index (χ1) is 14.6. The van der Waals surface area contributed by atoms with Gasteiger partial charge in [-0.25, -0.2) is 0 Å². The van der Waals surface area contributed by atoms with Gasteiger partial charge in [0.05, 0.1) is 12.3 Å². The summed E-state index contributed by atoms with van der Waals surface area (Å²) in [6, 6.07) is 18.8. The predicted octanol–water partition coefficient (Wildman–Crippen LogP) is 4.55. The van der Waals surface area contributed by atoms with Crippen LogP contribution in [-0.4, -0.2) is 11.8 Å². The molecule has 0 saturated heterocycles. The minimum absolute atomic E-state index is 0.0854. The highest BCUT2D eigenvalue weighted by Crippen LogP contribution is 2.29. The molecular formula is C25H24N2O3. The number of fused-ring (bicyclic) bond motifs is 1. The van der Waals surface area contributed by atoms with Gasteiger partial charge >= 0.3 is 0 Å². The number of benzene rings is 2. The second-order valence-electron chi connectivity index (χ2n) is 7.46. The van der Waals surface area contributed by atoms with Crippen LogP contribution in [0.25, 0.3) is 6.08 Å². The Labute approximate surface area is 175 Å². The molecule has 1 unspecified atom stereocenters. The lowest BCUT2D eigenvalue weighted by molar-refractivity contribution is -0.118. The van der Waals surface area contributed by atoms with E-state index < -0.39 is 0 Å². The number of furan rings is 1. The Morgan fingerprint density at radius 1 is 1.03 bits per heavy atom. The Bertz CT molecular complexity index is 1080. The van der Waals surface area contributed by atoms with Crippen LogP contribution in [0.5, 0.6) is 0 Å². The van der Waals surface area contributed by atoms with Crippen LogP contribution < -0.4 is 10.6 Å². The molecule has 1 aromatic heterocycles. The van der Waals surface area contributed by atoms with E-state index in [4.69, 9.17) is 4.42 Å². The number of rotatable bonds is 5. The quantitative estimate of drug-likeness (QED) is 0.617. The molecule has 1 atom stereocenters. The number of nitrogens with one attached hydrogen (secondary N) is 2. The minimum atomic E-state index is -0.338. The molecule has 0 saturated carbocycles. The monoisotopic (exact) mass is 400 g/mol. The van der Waals surface area contributed by atoms with Crippen molar-refractivity contribution >= 4 is 17.9 Å². The molecule has 2 aromatic carbocycles. The molecule has 2 amide bonds. The summed E-state index contributed by atoms with van der Waals surface area (Å²) in [5.74, 6) is -0.172. The molecule has 0 spiro atoms. The van der Waals surface area contributed by atoms with Crippen molar-refractivity contribution in [3.8, 4) is 0 Å². The number of hydrogen-bond donors (Lipinski definition) is 2. The highest BCUT2D eigenvalue weighted by molar-refractivity contribution is 6.05. The van der Waals surface area contributed by atoms with Crippen LogP contribution in [-0.2, 0) is 11.2 Å². The average molecular weight is 400 g/mol. The molecule has 1 aliphatic carbocycles. The summed E-state index contributed by atoms with van der Waals surface area (Å²) in [4.78, 5) is 26.0. The topological polar surface area (TPSA) is 71.3 Å². The minimum Gasteiger partial charge on any atom is -0.465 e. The Morgan fingerprint density at radius 2 is 1.83 bits per heavy atom. The maximum Gasteiger partial charge on any atom is 0.268 e. The Balaban J connectivity index is 1.58. The van der Waals surface area contributed by atoms with Gasteiger partial charge in [-0.2, -0.15) is 0 Å². The number of carbonyl (C=O) groups is 2. The van der Waals surface area contributed by atoms with Crippen molar-refractivity contribution < 1.29 is 14.0 Å². The van der Waals surface area contributed by atoms with Gasteiger partial charge in [-0.1, -0.05) is 42.5 Å². The third-order valence-electron chi connectivity index (χ3n) is 5.39.